The van der Waals surface area contributed by atoms with E-state index in [2.05, 4.69) is 5.32 Å². The molecular weight excluding hydrogens is 354 g/mol. The molecule has 5 nitrogen and oxygen atoms in total. The Bertz CT molecular complexity index is 829. The van der Waals surface area contributed by atoms with E-state index in [0.717, 1.165) is 24.6 Å². The third-order valence-electron chi connectivity index (χ3n) is 4.49. The van der Waals surface area contributed by atoms with E-state index < -0.39 is 17.7 Å². The summed E-state index contributed by atoms with van der Waals surface area (Å²) >= 11 is 0. The molecule has 1 atom stereocenters. The summed E-state index contributed by atoms with van der Waals surface area (Å²) in [4.78, 5) is 14.0. The van der Waals surface area contributed by atoms with Crippen molar-refractivity contribution in [2.24, 2.45) is 0 Å². The highest BCUT2D eigenvalue weighted by molar-refractivity contribution is 5.92. The van der Waals surface area contributed by atoms with E-state index in [-0.39, 0.29) is 18.0 Å². The first-order valence-corrected chi connectivity index (χ1v) is 8.78. The van der Waals surface area contributed by atoms with E-state index in [0.29, 0.717) is 30.4 Å². The summed E-state index contributed by atoms with van der Waals surface area (Å²) in [6, 6.07) is 8.06. The molecule has 0 fully saturated rings. The normalized spacial score (nSPS) is 14.6. The number of hydrogen-bond donors (Lipinski definition) is 1. The molecule has 0 aromatic heterocycles. The van der Waals surface area contributed by atoms with Gasteiger partial charge >= 0.3 is 0 Å². The number of likely N-dealkylation sites (N-methyl/N-ethyl adjacent to an activating group) is 1. The number of halogens is 2. The van der Waals surface area contributed by atoms with Crippen LogP contribution in [0.4, 0.5) is 14.5 Å². The average Bonchev–Trinajstić information content (AvgIpc) is 2.88. The molecule has 0 saturated heterocycles. The van der Waals surface area contributed by atoms with Crippen molar-refractivity contribution in [3.8, 4) is 11.5 Å². The molecule has 2 aromatic carbocycles. The third kappa shape index (κ3) is 4.74. The van der Waals surface area contributed by atoms with Gasteiger partial charge in [0.15, 0.2) is 11.5 Å². The van der Waals surface area contributed by atoms with Crippen LogP contribution >= 0.6 is 0 Å². The second kappa shape index (κ2) is 8.35. The molecular formula is C20H22F2N2O3. The lowest BCUT2D eigenvalue weighted by Crippen LogP contribution is -2.32. The Morgan fingerprint density at radius 3 is 2.67 bits per heavy atom. The van der Waals surface area contributed by atoms with Crippen LogP contribution in [0.1, 0.15) is 24.9 Å². The van der Waals surface area contributed by atoms with Gasteiger partial charge in [-0.15, -0.1) is 0 Å². The molecule has 1 heterocycles. The largest absolute Gasteiger partial charge is 0.490 e. The van der Waals surface area contributed by atoms with Crippen LogP contribution in [0.3, 0.4) is 0 Å². The first-order chi connectivity index (χ1) is 12.9. The van der Waals surface area contributed by atoms with Crippen molar-refractivity contribution in [1.82, 2.24) is 4.90 Å². The molecule has 2 aromatic rings. The van der Waals surface area contributed by atoms with E-state index in [4.69, 9.17) is 9.47 Å². The van der Waals surface area contributed by atoms with E-state index >= 15 is 0 Å². The predicted molar refractivity (Wildman–Crippen MR) is 98.1 cm³/mol. The molecule has 1 N–H and O–H groups in total. The smallest absolute Gasteiger partial charge is 0.238 e. The van der Waals surface area contributed by atoms with Crippen LogP contribution in [0.2, 0.25) is 0 Å². The molecule has 0 saturated carbocycles. The fourth-order valence-electron chi connectivity index (χ4n) is 2.88. The van der Waals surface area contributed by atoms with Crippen molar-refractivity contribution in [2.75, 3.05) is 32.1 Å². The highest BCUT2D eigenvalue weighted by Crippen LogP contribution is 2.32. The van der Waals surface area contributed by atoms with Gasteiger partial charge in [-0.2, -0.15) is 0 Å². The zero-order valence-electron chi connectivity index (χ0n) is 15.3. The summed E-state index contributed by atoms with van der Waals surface area (Å²) in [6.07, 6.45) is 0.801. The molecule has 7 heteroatoms. The fourth-order valence-corrected chi connectivity index (χ4v) is 2.88. The third-order valence-corrected chi connectivity index (χ3v) is 4.49. The van der Waals surface area contributed by atoms with Gasteiger partial charge in [-0.25, -0.2) is 8.78 Å². The number of nitrogens with zero attached hydrogens (tertiary/aromatic N) is 1. The molecule has 27 heavy (non-hydrogen) atoms. The van der Waals surface area contributed by atoms with Crippen molar-refractivity contribution in [1.29, 1.82) is 0 Å². The first kappa shape index (κ1) is 19.1. The van der Waals surface area contributed by atoms with Gasteiger partial charge in [-0.05, 0) is 44.3 Å². The Morgan fingerprint density at radius 2 is 1.89 bits per heavy atom. The second-order valence-electron chi connectivity index (χ2n) is 6.52. The zero-order chi connectivity index (χ0) is 19.4. The minimum absolute atomic E-state index is 0.0194. The van der Waals surface area contributed by atoms with E-state index in [9.17, 15) is 13.6 Å². The van der Waals surface area contributed by atoms with E-state index in [1.54, 1.807) is 37.1 Å². The van der Waals surface area contributed by atoms with Gasteiger partial charge in [0.2, 0.25) is 5.91 Å². The number of ether oxygens (including phenoxy) is 2. The summed E-state index contributed by atoms with van der Waals surface area (Å²) in [7, 11) is 1.68. The van der Waals surface area contributed by atoms with Crippen LogP contribution in [-0.2, 0) is 4.79 Å². The summed E-state index contributed by atoms with van der Waals surface area (Å²) in [5.41, 5.74) is 0.795. The topological polar surface area (TPSA) is 50.8 Å². The number of carbonyl (C=O) groups excluding carboxylic acids is 1. The summed E-state index contributed by atoms with van der Waals surface area (Å²) < 4.78 is 38.5. The van der Waals surface area contributed by atoms with Crippen LogP contribution in [0.5, 0.6) is 11.5 Å². The van der Waals surface area contributed by atoms with Crippen molar-refractivity contribution < 1.29 is 23.0 Å². The second-order valence-corrected chi connectivity index (χ2v) is 6.52. The number of fused-ring (bicyclic) bond motifs is 1. The van der Waals surface area contributed by atoms with Gasteiger partial charge in [-0.3, -0.25) is 9.69 Å². The minimum Gasteiger partial charge on any atom is -0.490 e. The van der Waals surface area contributed by atoms with Crippen molar-refractivity contribution in [3.05, 3.63) is 53.6 Å². The highest BCUT2D eigenvalue weighted by atomic mass is 19.1. The maximum absolute atomic E-state index is 13.9. The van der Waals surface area contributed by atoms with E-state index in [1.165, 1.54) is 0 Å². The van der Waals surface area contributed by atoms with Crippen LogP contribution in [0, 0.1) is 11.6 Å². The fraction of sp³-hybridized carbons (Fsp3) is 0.350. The molecule has 1 aliphatic heterocycles. The van der Waals surface area contributed by atoms with Gasteiger partial charge in [0.05, 0.1) is 19.8 Å². The Labute approximate surface area is 156 Å². The van der Waals surface area contributed by atoms with Crippen LogP contribution < -0.4 is 14.8 Å². The Kier molecular flexibility index (Phi) is 5.91. The number of carbonyl (C=O) groups is 1. The van der Waals surface area contributed by atoms with Crippen LogP contribution in [0.15, 0.2) is 36.4 Å². The Morgan fingerprint density at radius 1 is 1.15 bits per heavy atom. The number of anilines is 1. The van der Waals surface area contributed by atoms with Gasteiger partial charge in [-0.1, -0.05) is 0 Å². The van der Waals surface area contributed by atoms with Crippen molar-refractivity contribution in [2.45, 2.75) is 19.4 Å². The number of hydrogen-bond acceptors (Lipinski definition) is 4. The molecule has 1 unspecified atom stereocenters. The molecule has 3 rings (SSSR count). The lowest BCUT2D eigenvalue weighted by atomic mass is 10.1. The Balaban J connectivity index is 1.63. The summed E-state index contributed by atoms with van der Waals surface area (Å²) in [6.45, 7) is 2.89. The maximum Gasteiger partial charge on any atom is 0.238 e. The number of nitrogens with one attached hydrogen (secondary N) is 1. The van der Waals surface area contributed by atoms with Crippen molar-refractivity contribution >= 4 is 11.6 Å². The maximum atomic E-state index is 13.9. The lowest BCUT2D eigenvalue weighted by Gasteiger charge is -2.25. The standard InChI is InChI=1S/C20H22F2N2O3/c1-13(16-10-14(21)4-6-17(16)22)24(2)12-20(25)23-15-5-7-18-19(11-15)27-9-3-8-26-18/h4-7,10-11,13H,3,8-9,12H2,1-2H3,(H,23,25). The molecule has 0 spiro atoms. The first-order valence-electron chi connectivity index (χ1n) is 8.78. The molecule has 0 radical (unpaired) electrons. The molecule has 1 amide bonds. The number of benzene rings is 2. The monoisotopic (exact) mass is 376 g/mol. The van der Waals surface area contributed by atoms with E-state index in [1.807, 2.05) is 0 Å². The molecule has 144 valence electrons. The summed E-state index contributed by atoms with van der Waals surface area (Å²) in [5, 5.41) is 2.79. The number of rotatable bonds is 5. The SMILES string of the molecule is CC(c1cc(F)ccc1F)N(C)CC(=O)Nc1ccc2c(c1)OCCCO2. The van der Waals surface area contributed by atoms with Crippen LogP contribution in [0.25, 0.3) is 0 Å². The molecule has 0 bridgehead atoms. The summed E-state index contributed by atoms with van der Waals surface area (Å²) in [5.74, 6) is -0.0373. The van der Waals surface area contributed by atoms with Gasteiger partial charge in [0, 0.05) is 29.8 Å². The quantitative estimate of drug-likeness (QED) is 0.863. The van der Waals surface area contributed by atoms with Gasteiger partial charge < -0.3 is 14.8 Å². The van der Waals surface area contributed by atoms with Gasteiger partial charge in [0.25, 0.3) is 0 Å². The lowest BCUT2D eigenvalue weighted by molar-refractivity contribution is -0.117. The minimum atomic E-state index is -0.511. The van der Waals surface area contributed by atoms with Crippen LogP contribution in [-0.4, -0.2) is 37.6 Å². The predicted octanol–water partition coefficient (Wildman–Crippen LogP) is 3.76. The van der Waals surface area contributed by atoms with Crippen molar-refractivity contribution in [3.63, 3.8) is 0 Å². The van der Waals surface area contributed by atoms with Gasteiger partial charge in [0.1, 0.15) is 11.6 Å². The number of amides is 1. The average molecular weight is 376 g/mol. The molecule has 0 aliphatic carbocycles. The molecule has 1 aliphatic rings. The highest BCUT2D eigenvalue weighted by Gasteiger charge is 2.19. The zero-order valence-corrected chi connectivity index (χ0v) is 15.3. The Hall–Kier alpha value is -2.67.